The number of ketones is 1. The van der Waals surface area contributed by atoms with Crippen molar-refractivity contribution in [2.24, 2.45) is 0 Å². The molecule has 0 aliphatic heterocycles. The van der Waals surface area contributed by atoms with Crippen LogP contribution in [0.4, 0.5) is 10.5 Å². The molecule has 3 rings (SSSR count). The van der Waals surface area contributed by atoms with Crippen molar-refractivity contribution in [3.63, 3.8) is 0 Å². The van der Waals surface area contributed by atoms with Crippen molar-refractivity contribution in [1.82, 2.24) is 9.78 Å². The lowest BCUT2D eigenvalue weighted by Gasteiger charge is -2.20. The highest BCUT2D eigenvalue weighted by Gasteiger charge is 2.23. The third kappa shape index (κ3) is 7.65. The minimum atomic E-state index is -0.583. The molecule has 0 bridgehead atoms. The standard InChI is InChI=1S/C23H31N3O6/c1-29-14-15-30-12-5-13-31-22-21(16-26(25-22)19-8-10-20(27)11-9-19)24-23(28)32-17-18-6-3-2-4-7-18/h2-4,6-7,16,19H,5,8-15,17H2,1H3,(H,24,28). The molecule has 0 radical (unpaired) electrons. The lowest BCUT2D eigenvalue weighted by Crippen LogP contribution is -2.18. The van der Waals surface area contributed by atoms with Crippen molar-refractivity contribution in [1.29, 1.82) is 0 Å². The molecule has 1 heterocycles. The van der Waals surface area contributed by atoms with Gasteiger partial charge in [0.25, 0.3) is 5.88 Å². The van der Waals surface area contributed by atoms with Gasteiger partial charge in [-0.2, -0.15) is 0 Å². The number of nitrogens with one attached hydrogen (secondary N) is 1. The summed E-state index contributed by atoms with van der Waals surface area (Å²) < 4.78 is 23.3. The zero-order valence-corrected chi connectivity index (χ0v) is 18.5. The lowest BCUT2D eigenvalue weighted by molar-refractivity contribution is -0.120. The first-order chi connectivity index (χ1) is 15.7. The van der Waals surface area contributed by atoms with E-state index in [1.54, 1.807) is 18.0 Å². The molecule has 1 N–H and O–H groups in total. The molecule has 0 spiro atoms. The van der Waals surface area contributed by atoms with Crippen LogP contribution in [0.5, 0.6) is 5.88 Å². The molecule has 1 amide bonds. The van der Waals surface area contributed by atoms with Crippen LogP contribution >= 0.6 is 0 Å². The van der Waals surface area contributed by atoms with E-state index in [0.717, 1.165) is 18.4 Å². The van der Waals surface area contributed by atoms with Crippen LogP contribution < -0.4 is 10.1 Å². The fourth-order valence-electron chi connectivity index (χ4n) is 3.39. The Morgan fingerprint density at radius 3 is 2.66 bits per heavy atom. The molecule has 1 saturated carbocycles. The molecular formula is C23H31N3O6. The highest BCUT2D eigenvalue weighted by atomic mass is 16.5. The predicted octanol–water partition coefficient (Wildman–Crippen LogP) is 3.75. The van der Waals surface area contributed by atoms with Crippen LogP contribution in [0.3, 0.4) is 0 Å². The second-order valence-corrected chi connectivity index (χ2v) is 7.59. The van der Waals surface area contributed by atoms with Gasteiger partial charge in [0, 0.05) is 33.0 Å². The summed E-state index contributed by atoms with van der Waals surface area (Å²) in [6, 6.07) is 9.56. The van der Waals surface area contributed by atoms with Gasteiger partial charge in [-0.15, -0.1) is 5.10 Å². The number of nitrogens with zero attached hydrogens (tertiary/aromatic N) is 2. The fraction of sp³-hybridized carbons (Fsp3) is 0.522. The third-order valence-corrected chi connectivity index (χ3v) is 5.14. The van der Waals surface area contributed by atoms with E-state index in [4.69, 9.17) is 18.9 Å². The van der Waals surface area contributed by atoms with E-state index in [9.17, 15) is 9.59 Å². The van der Waals surface area contributed by atoms with E-state index in [0.29, 0.717) is 57.3 Å². The largest absolute Gasteiger partial charge is 0.475 e. The molecular weight excluding hydrogens is 414 g/mol. The SMILES string of the molecule is COCCOCCCOc1nn(C2CCC(=O)CC2)cc1NC(=O)OCc1ccccc1. The van der Waals surface area contributed by atoms with Crippen LogP contribution in [-0.2, 0) is 25.6 Å². The number of methoxy groups -OCH3 is 1. The normalized spacial score (nSPS) is 14.3. The first-order valence-electron chi connectivity index (χ1n) is 10.9. The van der Waals surface area contributed by atoms with Gasteiger partial charge in [0.15, 0.2) is 0 Å². The number of ether oxygens (including phenoxy) is 4. The van der Waals surface area contributed by atoms with Gasteiger partial charge in [-0.1, -0.05) is 30.3 Å². The van der Waals surface area contributed by atoms with Crippen molar-refractivity contribution in [2.45, 2.75) is 44.8 Å². The molecule has 32 heavy (non-hydrogen) atoms. The maximum absolute atomic E-state index is 12.3. The average Bonchev–Trinajstić information content (AvgIpc) is 3.20. The van der Waals surface area contributed by atoms with Crippen molar-refractivity contribution < 1.29 is 28.5 Å². The number of rotatable bonds is 12. The zero-order chi connectivity index (χ0) is 22.6. The molecule has 1 aliphatic rings. The summed E-state index contributed by atoms with van der Waals surface area (Å²) >= 11 is 0. The van der Waals surface area contributed by atoms with Crippen LogP contribution in [0, 0.1) is 0 Å². The molecule has 0 saturated heterocycles. The first-order valence-corrected chi connectivity index (χ1v) is 10.9. The molecule has 1 fully saturated rings. The maximum atomic E-state index is 12.3. The van der Waals surface area contributed by atoms with E-state index in [2.05, 4.69) is 10.4 Å². The fourth-order valence-corrected chi connectivity index (χ4v) is 3.39. The third-order valence-electron chi connectivity index (χ3n) is 5.14. The van der Waals surface area contributed by atoms with E-state index < -0.39 is 6.09 Å². The average molecular weight is 446 g/mol. The Morgan fingerprint density at radius 2 is 1.91 bits per heavy atom. The van der Waals surface area contributed by atoms with Crippen molar-refractivity contribution in [3.8, 4) is 5.88 Å². The van der Waals surface area contributed by atoms with Crippen molar-refractivity contribution in [3.05, 3.63) is 42.1 Å². The number of carbonyl (C=O) groups is 2. The molecule has 1 aromatic heterocycles. The molecule has 0 atom stereocenters. The van der Waals surface area contributed by atoms with E-state index in [1.807, 2.05) is 30.3 Å². The number of aromatic nitrogens is 2. The Bertz CT molecular complexity index is 845. The minimum absolute atomic E-state index is 0.100. The highest BCUT2D eigenvalue weighted by Crippen LogP contribution is 2.31. The monoisotopic (exact) mass is 445 g/mol. The topological polar surface area (TPSA) is 101 Å². The van der Waals surface area contributed by atoms with Gasteiger partial charge in [-0.05, 0) is 18.4 Å². The Balaban J connectivity index is 1.57. The summed E-state index contributed by atoms with van der Waals surface area (Å²) in [6.45, 7) is 2.18. The van der Waals surface area contributed by atoms with E-state index in [1.165, 1.54) is 0 Å². The molecule has 9 heteroatoms. The van der Waals surface area contributed by atoms with Gasteiger partial charge in [0.05, 0.1) is 32.1 Å². The molecule has 9 nitrogen and oxygen atoms in total. The number of amides is 1. The number of hydrogen-bond donors (Lipinski definition) is 1. The Labute approximate surface area is 188 Å². The Kier molecular flexibility index (Phi) is 9.52. The van der Waals surface area contributed by atoms with Gasteiger partial charge >= 0.3 is 6.09 Å². The first kappa shape index (κ1) is 23.7. The van der Waals surface area contributed by atoms with Gasteiger partial charge in [-0.25, -0.2) is 4.79 Å². The maximum Gasteiger partial charge on any atom is 0.412 e. The van der Waals surface area contributed by atoms with Gasteiger partial charge in [-0.3, -0.25) is 14.8 Å². The highest BCUT2D eigenvalue weighted by molar-refractivity contribution is 5.86. The quantitative estimate of drug-likeness (QED) is 0.497. The number of hydrogen-bond acceptors (Lipinski definition) is 7. The summed E-state index contributed by atoms with van der Waals surface area (Å²) in [5.74, 6) is 0.608. The number of anilines is 1. The number of carbonyl (C=O) groups excluding carboxylic acids is 2. The summed E-state index contributed by atoms with van der Waals surface area (Å²) in [6.07, 6.45) is 4.38. The van der Waals surface area contributed by atoms with Crippen LogP contribution in [0.15, 0.2) is 36.5 Å². The van der Waals surface area contributed by atoms with Gasteiger partial charge in [0.2, 0.25) is 0 Å². The van der Waals surface area contributed by atoms with Crippen LogP contribution in [-0.4, -0.2) is 55.2 Å². The summed E-state index contributed by atoms with van der Waals surface area (Å²) in [5, 5.41) is 7.26. The van der Waals surface area contributed by atoms with Crippen LogP contribution in [0.2, 0.25) is 0 Å². The molecule has 0 unspecified atom stereocenters. The number of benzene rings is 1. The zero-order valence-electron chi connectivity index (χ0n) is 18.5. The second kappa shape index (κ2) is 12.8. The van der Waals surface area contributed by atoms with Crippen molar-refractivity contribution in [2.75, 3.05) is 38.9 Å². The summed E-state index contributed by atoms with van der Waals surface area (Å²) in [7, 11) is 1.63. The Hall–Kier alpha value is -2.91. The summed E-state index contributed by atoms with van der Waals surface area (Å²) in [4.78, 5) is 23.9. The van der Waals surface area contributed by atoms with Gasteiger partial charge in [0.1, 0.15) is 18.1 Å². The lowest BCUT2D eigenvalue weighted by atomic mass is 9.95. The predicted molar refractivity (Wildman–Crippen MR) is 118 cm³/mol. The Morgan fingerprint density at radius 1 is 1.12 bits per heavy atom. The van der Waals surface area contributed by atoms with Crippen molar-refractivity contribution >= 4 is 17.6 Å². The molecule has 174 valence electrons. The van der Waals surface area contributed by atoms with Crippen LogP contribution in [0.25, 0.3) is 0 Å². The smallest absolute Gasteiger partial charge is 0.412 e. The van der Waals surface area contributed by atoms with E-state index >= 15 is 0 Å². The molecule has 1 aliphatic carbocycles. The van der Waals surface area contributed by atoms with Crippen LogP contribution in [0.1, 0.15) is 43.7 Å². The molecule has 2 aromatic rings. The second-order valence-electron chi connectivity index (χ2n) is 7.59. The molecule has 1 aromatic carbocycles. The number of Topliss-reactive ketones (excluding diaryl/α,β-unsaturated/α-hetero) is 1. The van der Waals surface area contributed by atoms with Gasteiger partial charge < -0.3 is 18.9 Å². The minimum Gasteiger partial charge on any atom is -0.475 e. The summed E-state index contributed by atoms with van der Waals surface area (Å²) in [5.41, 5.74) is 1.34. The van der Waals surface area contributed by atoms with E-state index in [-0.39, 0.29) is 18.4 Å².